The van der Waals surface area contributed by atoms with E-state index in [0.29, 0.717) is 16.6 Å². The predicted molar refractivity (Wildman–Crippen MR) is 93.6 cm³/mol. The molecule has 25 heavy (non-hydrogen) atoms. The number of allylic oxidation sites excluding steroid dienone is 4. The number of fused-ring (bicyclic) bond motifs is 1. The van der Waals surface area contributed by atoms with Crippen molar-refractivity contribution in [1.82, 2.24) is 4.98 Å². The van der Waals surface area contributed by atoms with Gasteiger partial charge in [-0.25, -0.2) is 0 Å². The highest BCUT2D eigenvalue weighted by Crippen LogP contribution is 2.30. The van der Waals surface area contributed by atoms with Crippen LogP contribution in [-0.4, -0.2) is 18.9 Å². The first-order chi connectivity index (χ1) is 11.7. The van der Waals surface area contributed by atoms with Crippen LogP contribution in [0.4, 0.5) is 13.2 Å². The first-order valence-corrected chi connectivity index (χ1v) is 8.68. The number of nitrogens with one attached hydrogen (secondary N) is 1. The molecule has 0 saturated heterocycles. The Morgan fingerprint density at radius 2 is 1.84 bits per heavy atom. The lowest BCUT2D eigenvalue weighted by molar-refractivity contribution is -0.0500. The highest BCUT2D eigenvalue weighted by molar-refractivity contribution is 7.88. The van der Waals surface area contributed by atoms with Crippen LogP contribution in [0.25, 0.3) is 16.5 Å². The molecule has 8 heteroatoms. The monoisotopic (exact) mass is 373 g/mol. The van der Waals surface area contributed by atoms with Gasteiger partial charge in [0.2, 0.25) is 0 Å². The highest BCUT2D eigenvalue weighted by atomic mass is 32.2. The molecular formula is C17H18F3NO3S. The number of alkyl halides is 3. The summed E-state index contributed by atoms with van der Waals surface area (Å²) in [6.07, 6.45) is 4.84. The van der Waals surface area contributed by atoms with Gasteiger partial charge in [0.1, 0.15) is 5.75 Å². The van der Waals surface area contributed by atoms with E-state index in [1.54, 1.807) is 24.3 Å². The van der Waals surface area contributed by atoms with Gasteiger partial charge in [-0.1, -0.05) is 45.2 Å². The number of rotatable bonds is 5. The van der Waals surface area contributed by atoms with Gasteiger partial charge in [0.25, 0.3) is 0 Å². The molecule has 4 nitrogen and oxygen atoms in total. The average molecular weight is 373 g/mol. The lowest BCUT2D eigenvalue weighted by Crippen LogP contribution is -2.28. The topological polar surface area (TPSA) is 59.2 Å². The first kappa shape index (κ1) is 20.6. The fraction of sp³-hybridized carbons (Fsp3) is 0.176. The Morgan fingerprint density at radius 1 is 1.20 bits per heavy atom. The van der Waals surface area contributed by atoms with E-state index in [9.17, 15) is 21.6 Å². The minimum Gasteiger partial charge on any atom is -0.376 e. The summed E-state index contributed by atoms with van der Waals surface area (Å²) in [5.41, 5.74) is -3.49. The summed E-state index contributed by atoms with van der Waals surface area (Å²) in [5.74, 6) is -0.423. The van der Waals surface area contributed by atoms with Crippen LogP contribution in [0.3, 0.4) is 0 Å². The molecule has 0 bridgehead atoms. The number of benzene rings is 1. The normalized spacial score (nSPS) is 12.3. The van der Waals surface area contributed by atoms with Crippen LogP contribution < -0.4 is 4.18 Å². The van der Waals surface area contributed by atoms with Crippen molar-refractivity contribution in [1.29, 1.82) is 0 Å². The van der Waals surface area contributed by atoms with E-state index in [2.05, 4.69) is 22.3 Å². The minimum atomic E-state index is -5.69. The van der Waals surface area contributed by atoms with Gasteiger partial charge >= 0.3 is 15.6 Å². The van der Waals surface area contributed by atoms with Crippen molar-refractivity contribution in [3.8, 4) is 5.75 Å². The van der Waals surface area contributed by atoms with Gasteiger partial charge < -0.3 is 9.17 Å². The summed E-state index contributed by atoms with van der Waals surface area (Å²) < 4.78 is 63.1. The molecule has 2 aromatic rings. The third kappa shape index (κ3) is 4.76. The van der Waals surface area contributed by atoms with Gasteiger partial charge in [-0.15, -0.1) is 0 Å². The number of aromatic nitrogens is 1. The Bertz CT molecular complexity index is 893. The van der Waals surface area contributed by atoms with Gasteiger partial charge in [0.05, 0.1) is 0 Å². The lowest BCUT2D eigenvalue weighted by Gasteiger charge is -2.09. The van der Waals surface area contributed by atoms with E-state index >= 15 is 0 Å². The number of halogens is 3. The summed E-state index contributed by atoms with van der Waals surface area (Å²) in [7, 11) is -5.69. The van der Waals surface area contributed by atoms with Crippen LogP contribution in [0.2, 0.25) is 0 Å². The summed E-state index contributed by atoms with van der Waals surface area (Å²) >= 11 is 0. The van der Waals surface area contributed by atoms with Crippen LogP contribution in [0, 0.1) is 0 Å². The third-order valence-corrected chi connectivity index (χ3v) is 3.89. The molecule has 136 valence electrons. The summed E-state index contributed by atoms with van der Waals surface area (Å²) in [6, 6.07) is 5.40. The molecule has 0 fully saturated rings. The van der Waals surface area contributed by atoms with Crippen molar-refractivity contribution in [2.45, 2.75) is 19.4 Å². The molecule has 1 N–H and O–H groups in total. The molecule has 2 rings (SSSR count). The second kappa shape index (κ2) is 8.06. The number of H-pyrrole nitrogens is 1. The van der Waals surface area contributed by atoms with Gasteiger partial charge in [0, 0.05) is 16.6 Å². The molecule has 1 aromatic heterocycles. The molecule has 0 unspecified atom stereocenters. The van der Waals surface area contributed by atoms with E-state index in [4.69, 9.17) is 0 Å². The maximum absolute atomic E-state index is 12.3. The largest absolute Gasteiger partial charge is 0.534 e. The molecule has 1 aromatic carbocycles. The fourth-order valence-electron chi connectivity index (χ4n) is 1.89. The molecule has 0 aliphatic carbocycles. The standard InChI is InChI=1S/C15H12F3NO3S.C2H6/c1-3-5-10(4-2)14-9-11-8-12(6-7-13(11)19-14)22-23(20,21)15(16,17)18;1-2/h3-9,19H,1-2H2;1-2H3/b10-5+;. The van der Waals surface area contributed by atoms with Crippen LogP contribution in [0.5, 0.6) is 5.75 Å². The molecule has 0 spiro atoms. The predicted octanol–water partition coefficient (Wildman–Crippen LogP) is 5.18. The van der Waals surface area contributed by atoms with E-state index in [-0.39, 0.29) is 0 Å². The highest BCUT2D eigenvalue weighted by Gasteiger charge is 2.48. The number of aromatic amines is 1. The van der Waals surface area contributed by atoms with E-state index < -0.39 is 21.4 Å². The van der Waals surface area contributed by atoms with Crippen LogP contribution in [0.1, 0.15) is 19.5 Å². The third-order valence-electron chi connectivity index (χ3n) is 2.91. The van der Waals surface area contributed by atoms with Crippen LogP contribution >= 0.6 is 0 Å². The number of hydrogen-bond acceptors (Lipinski definition) is 3. The maximum atomic E-state index is 12.3. The van der Waals surface area contributed by atoms with Gasteiger partial charge in [-0.2, -0.15) is 21.6 Å². The Morgan fingerprint density at radius 3 is 2.36 bits per heavy atom. The van der Waals surface area contributed by atoms with Gasteiger partial charge in [-0.05, 0) is 29.8 Å². The smallest absolute Gasteiger partial charge is 0.376 e. The molecule has 0 atom stereocenters. The summed E-state index contributed by atoms with van der Waals surface area (Å²) in [4.78, 5) is 3.04. The maximum Gasteiger partial charge on any atom is 0.534 e. The van der Waals surface area contributed by atoms with Gasteiger partial charge in [0.15, 0.2) is 0 Å². The van der Waals surface area contributed by atoms with Crippen LogP contribution in [0.15, 0.2) is 55.7 Å². The zero-order chi connectivity index (χ0) is 19.3. The molecule has 0 saturated carbocycles. The Balaban J connectivity index is 0.00000151. The van der Waals surface area contributed by atoms with E-state index in [1.165, 1.54) is 12.1 Å². The minimum absolute atomic E-state index is 0.423. The molecule has 0 amide bonds. The fourth-order valence-corrected chi connectivity index (χ4v) is 2.34. The quantitative estimate of drug-likeness (QED) is 0.446. The first-order valence-electron chi connectivity index (χ1n) is 7.27. The number of hydrogen-bond donors (Lipinski definition) is 1. The molecule has 0 aliphatic rings. The lowest BCUT2D eigenvalue weighted by atomic mass is 10.1. The van der Waals surface area contributed by atoms with Crippen molar-refractivity contribution >= 4 is 26.6 Å². The zero-order valence-electron chi connectivity index (χ0n) is 13.7. The zero-order valence-corrected chi connectivity index (χ0v) is 14.5. The SMILES string of the molecule is C=C/C=C(\C=C)c1cc2cc(OS(=O)(=O)C(F)(F)F)ccc2[nH]1.CC. The van der Waals surface area contributed by atoms with Crippen molar-refractivity contribution < 1.29 is 25.8 Å². The molecule has 0 aliphatic heterocycles. The van der Waals surface area contributed by atoms with E-state index in [1.807, 2.05) is 13.8 Å². The average Bonchev–Trinajstić information content (AvgIpc) is 2.96. The van der Waals surface area contributed by atoms with Crippen molar-refractivity contribution in [3.63, 3.8) is 0 Å². The van der Waals surface area contributed by atoms with Crippen LogP contribution in [-0.2, 0) is 10.1 Å². The summed E-state index contributed by atoms with van der Waals surface area (Å²) in [5, 5.41) is 0.492. The second-order valence-electron chi connectivity index (χ2n) is 4.48. The second-order valence-corrected chi connectivity index (χ2v) is 6.01. The van der Waals surface area contributed by atoms with Crippen molar-refractivity contribution in [3.05, 3.63) is 61.3 Å². The van der Waals surface area contributed by atoms with Crippen molar-refractivity contribution in [2.75, 3.05) is 0 Å². The Labute approximate surface area is 144 Å². The van der Waals surface area contributed by atoms with Crippen molar-refractivity contribution in [2.24, 2.45) is 0 Å². The summed E-state index contributed by atoms with van der Waals surface area (Å²) in [6.45, 7) is 11.2. The Kier molecular flexibility index (Phi) is 6.63. The molecule has 0 radical (unpaired) electrons. The molecule has 1 heterocycles. The van der Waals surface area contributed by atoms with E-state index in [0.717, 1.165) is 11.6 Å². The van der Waals surface area contributed by atoms with Gasteiger partial charge in [-0.3, -0.25) is 0 Å². The Hall–Kier alpha value is -2.48. The molecular weight excluding hydrogens is 355 g/mol.